The van der Waals surface area contributed by atoms with Crippen molar-refractivity contribution in [3.05, 3.63) is 80.9 Å². The second-order valence-electron chi connectivity index (χ2n) is 9.46. The van der Waals surface area contributed by atoms with Gasteiger partial charge in [-0.05, 0) is 47.2 Å². The van der Waals surface area contributed by atoms with Crippen LogP contribution in [0.25, 0.3) is 0 Å². The number of rotatable bonds is 7. The monoisotopic (exact) mass is 552 g/mol. The number of aromatic carboxylic acids is 1. The number of fused-ring (bicyclic) bond motifs is 2. The molecule has 1 heterocycles. The maximum atomic E-state index is 13.9. The lowest BCUT2D eigenvalue weighted by Gasteiger charge is -2.41. The molecule has 38 heavy (non-hydrogen) atoms. The molecule has 0 fully saturated rings. The Kier molecular flexibility index (Phi) is 7.08. The fraction of sp³-hybridized carbons (Fsp3) is 0.296. The van der Waals surface area contributed by atoms with Crippen molar-refractivity contribution in [2.45, 2.75) is 35.6 Å². The van der Waals surface area contributed by atoms with E-state index in [1.54, 1.807) is 24.6 Å². The van der Waals surface area contributed by atoms with Crippen molar-refractivity contribution in [1.29, 1.82) is 0 Å². The molecule has 3 N–H and O–H groups in total. The summed E-state index contributed by atoms with van der Waals surface area (Å²) in [6, 6.07) is 10.0. The summed E-state index contributed by atoms with van der Waals surface area (Å²) in [7, 11) is 1.57. The fourth-order valence-corrected chi connectivity index (χ4v) is 6.97. The highest BCUT2D eigenvalue weighted by molar-refractivity contribution is 8.14. The van der Waals surface area contributed by atoms with Gasteiger partial charge in [-0.15, -0.1) is 11.3 Å². The van der Waals surface area contributed by atoms with Crippen LogP contribution in [0.5, 0.6) is 0 Å². The van der Waals surface area contributed by atoms with Crippen molar-refractivity contribution >= 4 is 46.1 Å². The minimum absolute atomic E-state index is 0.0313. The third-order valence-electron chi connectivity index (χ3n) is 7.10. The van der Waals surface area contributed by atoms with Gasteiger partial charge in [0.15, 0.2) is 10.1 Å². The zero-order valence-electron chi connectivity index (χ0n) is 20.3. The Hall–Kier alpha value is -3.54. The number of aliphatic hydroxyl groups excluding tert-OH is 1. The summed E-state index contributed by atoms with van der Waals surface area (Å²) >= 11 is 2.03. The van der Waals surface area contributed by atoms with Gasteiger partial charge >= 0.3 is 11.9 Å². The van der Waals surface area contributed by atoms with E-state index in [0.29, 0.717) is 26.7 Å². The molecule has 0 aliphatic heterocycles. The number of hydrogen-bond donors (Lipinski definition) is 3. The number of amides is 1. The van der Waals surface area contributed by atoms with Crippen LogP contribution < -0.4 is 0 Å². The van der Waals surface area contributed by atoms with Crippen molar-refractivity contribution in [1.82, 2.24) is 9.88 Å². The normalized spacial score (nSPS) is 19.7. The second kappa shape index (κ2) is 10.3. The van der Waals surface area contributed by atoms with E-state index in [0.717, 1.165) is 35.7 Å². The Morgan fingerprint density at radius 3 is 2.39 bits per heavy atom. The molecule has 3 atom stereocenters. The van der Waals surface area contributed by atoms with Crippen LogP contribution in [-0.4, -0.2) is 61.8 Å². The van der Waals surface area contributed by atoms with Gasteiger partial charge in [0.1, 0.15) is 0 Å². The Labute approximate surface area is 226 Å². The minimum atomic E-state index is -1.07. The molecule has 9 nitrogen and oxygen atoms in total. The van der Waals surface area contributed by atoms with E-state index in [-0.39, 0.29) is 29.6 Å². The maximum Gasteiger partial charge on any atom is 0.335 e. The average molecular weight is 553 g/mol. The second-order valence-corrected chi connectivity index (χ2v) is 11.5. The van der Waals surface area contributed by atoms with Crippen LogP contribution in [0, 0.1) is 5.92 Å². The summed E-state index contributed by atoms with van der Waals surface area (Å²) in [5.74, 6) is -3.66. The molecule has 2 bridgehead atoms. The van der Waals surface area contributed by atoms with Crippen molar-refractivity contribution in [3.8, 4) is 0 Å². The molecule has 2 aromatic carbocycles. The van der Waals surface area contributed by atoms with Crippen molar-refractivity contribution < 1.29 is 34.5 Å². The number of nitrogens with zero attached hydrogens (tertiary/aromatic N) is 2. The van der Waals surface area contributed by atoms with Crippen LogP contribution in [0.4, 0.5) is 4.79 Å². The third kappa shape index (κ3) is 4.84. The molecule has 1 aromatic heterocycles. The van der Waals surface area contributed by atoms with Crippen LogP contribution in [0.3, 0.4) is 0 Å². The standard InChI is InChI=1S/C27H24N2O7S2/c1-29(27(36)38-26-28-17(12-37-26)10-19(30)31)11-18-20(13-6-8-16(9-7-13)25(34)35)24(33)22-15-4-2-14(3-5-15)21(22)23(18)32/h2,4,6-9,12,18,20,24,33H,3,5,10-11H2,1H3,(H,30,31)(H,34,35). The maximum absolute atomic E-state index is 13.9. The predicted molar refractivity (Wildman–Crippen MR) is 140 cm³/mol. The molecule has 196 valence electrons. The number of aliphatic hydroxyl groups is 1. The molecule has 3 aromatic rings. The van der Waals surface area contributed by atoms with Crippen LogP contribution in [0.1, 0.15) is 60.7 Å². The fourth-order valence-electron chi connectivity index (χ4n) is 5.33. The van der Waals surface area contributed by atoms with Gasteiger partial charge in [-0.2, -0.15) is 0 Å². The third-order valence-corrected chi connectivity index (χ3v) is 9.07. The van der Waals surface area contributed by atoms with E-state index in [1.807, 2.05) is 12.1 Å². The van der Waals surface area contributed by atoms with Crippen molar-refractivity contribution in [2.24, 2.45) is 5.92 Å². The first kappa shape index (κ1) is 26.1. The number of carbonyl (C=O) groups is 4. The minimum Gasteiger partial charge on any atom is -0.481 e. The molecule has 0 radical (unpaired) electrons. The van der Waals surface area contributed by atoms with Crippen molar-refractivity contribution in [3.63, 3.8) is 0 Å². The molecule has 3 aliphatic rings. The topological polar surface area (TPSA) is 145 Å². The Balaban J connectivity index is 1.44. The molecular formula is C27H24N2O7S2. The van der Waals surface area contributed by atoms with Crippen LogP contribution in [0.15, 0.2) is 46.1 Å². The van der Waals surface area contributed by atoms with E-state index in [1.165, 1.54) is 28.4 Å². The summed E-state index contributed by atoms with van der Waals surface area (Å²) in [5, 5.41) is 31.1. The first-order valence-electron chi connectivity index (χ1n) is 11.9. The van der Waals surface area contributed by atoms with E-state index >= 15 is 0 Å². The van der Waals surface area contributed by atoms with Gasteiger partial charge in [-0.3, -0.25) is 14.4 Å². The Morgan fingerprint density at radius 2 is 1.76 bits per heavy atom. The summed E-state index contributed by atoms with van der Waals surface area (Å²) in [6.45, 7) is 0.0313. The van der Waals surface area contributed by atoms with Gasteiger partial charge in [0.2, 0.25) is 0 Å². The molecule has 0 saturated heterocycles. The highest BCUT2D eigenvalue weighted by atomic mass is 32.2. The molecule has 0 saturated carbocycles. The highest BCUT2D eigenvalue weighted by Gasteiger charge is 2.46. The molecule has 3 aliphatic carbocycles. The van der Waals surface area contributed by atoms with Crippen LogP contribution in [0.2, 0.25) is 0 Å². The molecular weight excluding hydrogens is 528 g/mol. The zero-order chi connectivity index (χ0) is 27.1. The number of Topliss-reactive ketones (excluding diaryl/α,β-unsaturated/α-hetero) is 1. The largest absolute Gasteiger partial charge is 0.481 e. The summed E-state index contributed by atoms with van der Waals surface area (Å²) in [6.07, 6.45) is 0.243. The number of carboxylic acids is 2. The summed E-state index contributed by atoms with van der Waals surface area (Å²) < 4.78 is 0.403. The van der Waals surface area contributed by atoms with E-state index in [9.17, 15) is 29.4 Å². The smallest absolute Gasteiger partial charge is 0.335 e. The van der Waals surface area contributed by atoms with Crippen LogP contribution in [-0.2, 0) is 24.1 Å². The van der Waals surface area contributed by atoms with Gasteiger partial charge in [0, 0.05) is 48.1 Å². The summed E-state index contributed by atoms with van der Waals surface area (Å²) in [4.78, 5) is 54.9. The molecule has 0 spiro atoms. The Bertz CT molecular complexity index is 1450. The number of thiazole rings is 1. The first-order valence-corrected chi connectivity index (χ1v) is 13.6. The lowest BCUT2D eigenvalue weighted by atomic mass is 9.65. The van der Waals surface area contributed by atoms with E-state index < -0.39 is 29.9 Å². The number of aryl methyl sites for hydroxylation is 2. The van der Waals surface area contributed by atoms with Crippen LogP contribution >= 0.6 is 23.1 Å². The number of carboxylic acid groups (broad SMARTS) is 2. The lowest BCUT2D eigenvalue weighted by molar-refractivity contribution is -0.136. The highest BCUT2D eigenvalue weighted by Crippen LogP contribution is 2.48. The molecule has 6 rings (SSSR count). The van der Waals surface area contributed by atoms with Gasteiger partial charge < -0.3 is 20.2 Å². The number of hydrogen-bond acceptors (Lipinski definition) is 8. The first-order chi connectivity index (χ1) is 18.1. The number of benzene rings is 2. The van der Waals surface area contributed by atoms with E-state index in [2.05, 4.69) is 4.98 Å². The predicted octanol–water partition coefficient (Wildman–Crippen LogP) is 4.04. The number of aliphatic carboxylic acids is 1. The van der Waals surface area contributed by atoms with Gasteiger partial charge in [0.25, 0.3) is 5.24 Å². The lowest BCUT2D eigenvalue weighted by Crippen LogP contribution is -2.43. The van der Waals surface area contributed by atoms with E-state index in [4.69, 9.17) is 5.11 Å². The Morgan fingerprint density at radius 1 is 1.08 bits per heavy atom. The molecule has 11 heteroatoms. The number of carbonyl (C=O) groups excluding carboxylic acids is 2. The quantitative estimate of drug-likeness (QED) is 0.370. The average Bonchev–Trinajstić information content (AvgIpc) is 3.33. The van der Waals surface area contributed by atoms with Crippen molar-refractivity contribution in [2.75, 3.05) is 13.6 Å². The molecule has 3 unspecified atom stereocenters. The SMILES string of the molecule is CN(CC1C(=O)c2c3ccc(c2C(O)C1c1ccc(C(=O)O)cc1)CC3)C(=O)Sc1nc(CC(=O)O)cs1. The number of aromatic nitrogens is 1. The molecule has 1 amide bonds. The van der Waals surface area contributed by atoms with Gasteiger partial charge in [-0.1, -0.05) is 24.3 Å². The van der Waals surface area contributed by atoms with Gasteiger partial charge in [-0.25, -0.2) is 9.78 Å². The number of ketones is 1. The zero-order valence-corrected chi connectivity index (χ0v) is 21.9. The summed E-state index contributed by atoms with van der Waals surface area (Å²) in [5.41, 5.74) is 4.08. The number of thioether (sulfide) groups is 1. The van der Waals surface area contributed by atoms with Gasteiger partial charge in [0.05, 0.1) is 23.8 Å².